The number of benzene rings is 3. The maximum atomic E-state index is 14.6. The number of amides is 2. The lowest BCUT2D eigenvalue weighted by molar-refractivity contribution is 0.0696. The van der Waals surface area contributed by atoms with Crippen molar-refractivity contribution in [3.63, 3.8) is 0 Å². The minimum atomic E-state index is -3.72. The summed E-state index contributed by atoms with van der Waals surface area (Å²) >= 11 is 0. The zero-order valence-corrected chi connectivity index (χ0v) is 26.7. The number of fused-ring (bicyclic) bond motifs is 2. The van der Waals surface area contributed by atoms with Gasteiger partial charge in [0, 0.05) is 62.0 Å². The van der Waals surface area contributed by atoms with Crippen LogP contribution in [0.3, 0.4) is 0 Å². The summed E-state index contributed by atoms with van der Waals surface area (Å²) in [6, 6.07) is 15.3. The molecule has 46 heavy (non-hydrogen) atoms. The molecule has 3 aromatic carbocycles. The van der Waals surface area contributed by atoms with Gasteiger partial charge in [-0.2, -0.15) is 0 Å². The average molecular weight is 649 g/mol. The van der Waals surface area contributed by atoms with Crippen LogP contribution in [0.25, 0.3) is 33.2 Å². The molecule has 0 saturated carbocycles. The summed E-state index contributed by atoms with van der Waals surface area (Å²) in [4.78, 5) is 28.9. The number of nitrogens with zero attached hydrogens (tertiary/aromatic N) is 3. The molecule has 0 unspecified atom stereocenters. The molecule has 0 spiro atoms. The fourth-order valence-corrected chi connectivity index (χ4v) is 6.94. The van der Waals surface area contributed by atoms with Crippen LogP contribution in [0, 0.1) is 11.6 Å². The first-order valence-corrected chi connectivity index (χ1v) is 16.9. The molecule has 0 radical (unpaired) electrons. The molecule has 1 fully saturated rings. The lowest BCUT2D eigenvalue weighted by atomic mass is 9.88. The third-order valence-electron chi connectivity index (χ3n) is 8.81. The van der Waals surface area contributed by atoms with Gasteiger partial charge in [-0.1, -0.05) is 6.07 Å². The van der Waals surface area contributed by atoms with Crippen molar-refractivity contribution in [3.05, 3.63) is 89.1 Å². The van der Waals surface area contributed by atoms with E-state index >= 15 is 0 Å². The van der Waals surface area contributed by atoms with Crippen LogP contribution < -0.4 is 9.62 Å². The van der Waals surface area contributed by atoms with Crippen molar-refractivity contribution >= 4 is 49.4 Å². The van der Waals surface area contributed by atoms with E-state index < -0.39 is 27.6 Å². The Morgan fingerprint density at radius 1 is 1.07 bits per heavy atom. The molecule has 1 aliphatic heterocycles. The summed E-state index contributed by atoms with van der Waals surface area (Å²) in [6.07, 6.45) is 2.40. The van der Waals surface area contributed by atoms with Crippen LogP contribution in [0.5, 0.6) is 0 Å². The highest BCUT2D eigenvalue weighted by Crippen LogP contribution is 2.42. The number of rotatable bonds is 7. The number of anilines is 1. The Morgan fingerprint density at radius 3 is 2.48 bits per heavy atom. The van der Waals surface area contributed by atoms with E-state index in [0.717, 1.165) is 6.26 Å². The SMILES string of the molecule is CCn1c(C(=O)N2CCC[C@@H](c3cc4c(C(=O)NC)c(-c5ccc(F)cc5)oc4cc3N(C)S(C)(=O)=O)C2)cc2c(F)cccc21. The highest BCUT2D eigenvalue weighted by atomic mass is 32.2. The molecule has 9 nitrogen and oxygen atoms in total. The lowest BCUT2D eigenvalue weighted by Crippen LogP contribution is -2.40. The van der Waals surface area contributed by atoms with Crippen molar-refractivity contribution in [3.8, 4) is 11.3 Å². The number of carbonyl (C=O) groups is 2. The maximum absolute atomic E-state index is 14.6. The van der Waals surface area contributed by atoms with E-state index in [2.05, 4.69) is 5.32 Å². The number of aromatic nitrogens is 1. The summed E-state index contributed by atoms with van der Waals surface area (Å²) in [5.41, 5.74) is 3.02. The monoisotopic (exact) mass is 648 g/mol. The van der Waals surface area contributed by atoms with Crippen molar-refractivity contribution in [2.75, 3.05) is 37.7 Å². The van der Waals surface area contributed by atoms with E-state index in [-0.39, 0.29) is 35.3 Å². The van der Waals surface area contributed by atoms with Crippen molar-refractivity contribution in [1.29, 1.82) is 0 Å². The van der Waals surface area contributed by atoms with Gasteiger partial charge < -0.3 is 19.2 Å². The van der Waals surface area contributed by atoms with Gasteiger partial charge in [-0.25, -0.2) is 17.2 Å². The smallest absolute Gasteiger partial charge is 0.270 e. The minimum Gasteiger partial charge on any atom is -0.455 e. The van der Waals surface area contributed by atoms with Crippen LogP contribution in [0.4, 0.5) is 14.5 Å². The molecule has 1 aliphatic rings. The van der Waals surface area contributed by atoms with E-state index in [1.54, 1.807) is 39.8 Å². The predicted octanol–water partition coefficient (Wildman–Crippen LogP) is 6.13. The highest BCUT2D eigenvalue weighted by molar-refractivity contribution is 7.92. The van der Waals surface area contributed by atoms with Crippen LogP contribution >= 0.6 is 0 Å². The van der Waals surface area contributed by atoms with Crippen LogP contribution in [0.2, 0.25) is 0 Å². The molecule has 2 amide bonds. The van der Waals surface area contributed by atoms with Crippen LogP contribution in [-0.2, 0) is 16.6 Å². The second-order valence-corrected chi connectivity index (χ2v) is 13.6. The third kappa shape index (κ3) is 5.40. The van der Waals surface area contributed by atoms with E-state index in [9.17, 15) is 26.8 Å². The Bertz CT molecular complexity index is 2100. The fourth-order valence-electron chi connectivity index (χ4n) is 6.43. The molecule has 0 bridgehead atoms. The largest absolute Gasteiger partial charge is 0.455 e. The molecule has 1 saturated heterocycles. The second kappa shape index (κ2) is 11.9. The Kier molecular flexibility index (Phi) is 8.09. The van der Waals surface area contributed by atoms with Gasteiger partial charge in [-0.3, -0.25) is 13.9 Å². The van der Waals surface area contributed by atoms with Gasteiger partial charge >= 0.3 is 0 Å². The molecule has 6 rings (SSSR count). The molecular weight excluding hydrogens is 614 g/mol. The number of halogens is 2. The van der Waals surface area contributed by atoms with Gasteiger partial charge in [0.1, 0.15) is 28.7 Å². The predicted molar refractivity (Wildman–Crippen MR) is 174 cm³/mol. The summed E-state index contributed by atoms with van der Waals surface area (Å²) in [5, 5.41) is 3.49. The summed E-state index contributed by atoms with van der Waals surface area (Å²) < 4.78 is 63.2. The van der Waals surface area contributed by atoms with Gasteiger partial charge in [-0.05, 0) is 73.9 Å². The fraction of sp³-hybridized carbons (Fsp3) is 0.294. The molecule has 240 valence electrons. The van der Waals surface area contributed by atoms with Gasteiger partial charge in [0.05, 0.1) is 23.0 Å². The first-order chi connectivity index (χ1) is 21.9. The number of likely N-dealkylation sites (tertiary alicyclic amines) is 1. The van der Waals surface area contributed by atoms with Gasteiger partial charge in [-0.15, -0.1) is 0 Å². The molecule has 0 aliphatic carbocycles. The standard InChI is InChI=1S/C34H34F2N4O5S/c1-5-40-27-10-6-9-26(36)24(27)17-29(40)34(42)39-15-7-8-21(19-39)23-16-25-30(18-28(23)38(3)46(4,43)44)45-32(31(25)33(41)37-2)20-11-13-22(35)14-12-20/h6,9-14,16-18,21H,5,7-8,15,19H2,1-4H3,(H,37,41)/t21-/m1/s1. The Labute approximate surface area is 265 Å². The second-order valence-electron chi connectivity index (χ2n) is 11.6. The number of nitrogens with one attached hydrogen (secondary N) is 1. The zero-order chi connectivity index (χ0) is 32.9. The number of hydrogen-bond acceptors (Lipinski definition) is 5. The molecule has 5 aromatic rings. The van der Waals surface area contributed by atoms with E-state index in [4.69, 9.17) is 4.42 Å². The number of aryl methyl sites for hydroxylation is 1. The summed E-state index contributed by atoms with van der Waals surface area (Å²) in [5.74, 6) is -1.58. The average Bonchev–Trinajstić information content (AvgIpc) is 3.62. The molecule has 12 heteroatoms. The highest BCUT2D eigenvalue weighted by Gasteiger charge is 2.32. The lowest BCUT2D eigenvalue weighted by Gasteiger charge is -2.35. The van der Waals surface area contributed by atoms with Gasteiger partial charge in [0.2, 0.25) is 10.0 Å². The van der Waals surface area contributed by atoms with Crippen molar-refractivity contribution in [1.82, 2.24) is 14.8 Å². The van der Waals surface area contributed by atoms with Crippen LogP contribution in [0.1, 0.15) is 52.1 Å². The first-order valence-electron chi connectivity index (χ1n) is 15.0. The molecule has 1 N–H and O–H groups in total. The van der Waals surface area contributed by atoms with Crippen molar-refractivity contribution < 1.29 is 31.2 Å². The number of carbonyl (C=O) groups excluding carboxylic acids is 2. The normalized spacial score (nSPS) is 15.4. The van der Waals surface area contributed by atoms with Gasteiger partial charge in [0.15, 0.2) is 0 Å². The Hall–Kier alpha value is -4.71. The van der Waals surface area contributed by atoms with Crippen LogP contribution in [0.15, 0.2) is 65.1 Å². The quantitative estimate of drug-likeness (QED) is 0.229. The molecule has 1 atom stereocenters. The minimum absolute atomic E-state index is 0.222. The van der Waals surface area contributed by atoms with E-state index in [0.29, 0.717) is 64.7 Å². The molecule has 2 aromatic heterocycles. The number of furan rings is 1. The van der Waals surface area contributed by atoms with Crippen LogP contribution in [-0.4, -0.2) is 63.1 Å². The number of sulfonamides is 1. The van der Waals surface area contributed by atoms with Gasteiger partial charge in [0.25, 0.3) is 11.8 Å². The van der Waals surface area contributed by atoms with E-state index in [1.165, 1.54) is 48.7 Å². The topological polar surface area (TPSA) is 105 Å². The Morgan fingerprint density at radius 2 is 1.80 bits per heavy atom. The zero-order valence-electron chi connectivity index (χ0n) is 25.9. The first kappa shape index (κ1) is 31.3. The van der Waals surface area contributed by atoms with Crippen molar-refractivity contribution in [2.45, 2.75) is 32.2 Å². The third-order valence-corrected chi connectivity index (χ3v) is 10.0. The molecular formula is C34H34F2N4O5S. The number of hydrogen-bond donors (Lipinski definition) is 1. The summed E-state index contributed by atoms with van der Waals surface area (Å²) in [6.45, 7) is 3.13. The summed E-state index contributed by atoms with van der Waals surface area (Å²) in [7, 11) is -0.774. The van der Waals surface area contributed by atoms with E-state index in [1.807, 2.05) is 6.92 Å². The molecule has 3 heterocycles. The van der Waals surface area contributed by atoms with Crippen molar-refractivity contribution in [2.24, 2.45) is 0 Å². The Balaban J connectivity index is 1.47. The maximum Gasteiger partial charge on any atom is 0.270 e. The number of piperidine rings is 1.